The number of urea groups is 1. The zero-order valence-corrected chi connectivity index (χ0v) is 17.3. The van der Waals surface area contributed by atoms with Gasteiger partial charge in [-0.15, -0.1) is 0 Å². The third kappa shape index (κ3) is 4.77. The predicted molar refractivity (Wildman–Crippen MR) is 114 cm³/mol. The molecule has 1 atom stereocenters. The Morgan fingerprint density at radius 3 is 2.50 bits per heavy atom. The lowest BCUT2D eigenvalue weighted by Gasteiger charge is -2.25. The summed E-state index contributed by atoms with van der Waals surface area (Å²) in [7, 11) is 0. The van der Waals surface area contributed by atoms with Gasteiger partial charge in [0.1, 0.15) is 18.9 Å². The number of halogens is 1. The Balaban J connectivity index is 1.42. The van der Waals surface area contributed by atoms with Gasteiger partial charge in [-0.1, -0.05) is 42.5 Å². The van der Waals surface area contributed by atoms with Crippen molar-refractivity contribution in [1.82, 2.24) is 20.4 Å². The van der Waals surface area contributed by atoms with Gasteiger partial charge in [0.2, 0.25) is 17.7 Å². The number of hydrogen-bond acceptors (Lipinski definition) is 4. The van der Waals surface area contributed by atoms with Gasteiger partial charge in [0.25, 0.3) is 0 Å². The topological polar surface area (TPSA) is 98.8 Å². The van der Waals surface area contributed by atoms with Crippen molar-refractivity contribution in [2.24, 2.45) is 5.92 Å². The summed E-state index contributed by atoms with van der Waals surface area (Å²) in [5, 5.41) is 4.97. The Labute approximate surface area is 184 Å². The van der Waals surface area contributed by atoms with Crippen molar-refractivity contribution in [3.05, 3.63) is 59.9 Å². The van der Waals surface area contributed by atoms with Crippen molar-refractivity contribution >= 4 is 23.8 Å². The first-order valence-electron chi connectivity index (χ1n) is 10.4. The number of carbonyl (C=O) groups excluding carboxylic acids is 4. The summed E-state index contributed by atoms with van der Waals surface area (Å²) in [6.45, 7) is 0.501. The third-order valence-corrected chi connectivity index (χ3v) is 5.66. The fraction of sp³-hybridized carbons (Fsp3) is 0.304. The average molecular weight is 438 g/mol. The molecule has 0 saturated carbocycles. The van der Waals surface area contributed by atoms with Crippen molar-refractivity contribution in [3.8, 4) is 11.1 Å². The molecule has 2 aliphatic heterocycles. The number of amides is 5. The van der Waals surface area contributed by atoms with Gasteiger partial charge in [0.15, 0.2) is 0 Å². The number of imide groups is 1. The zero-order valence-electron chi connectivity index (χ0n) is 17.3. The predicted octanol–water partition coefficient (Wildman–Crippen LogP) is 1.16. The van der Waals surface area contributed by atoms with Crippen LogP contribution in [0.4, 0.5) is 9.18 Å². The summed E-state index contributed by atoms with van der Waals surface area (Å²) < 4.78 is 14.0. The van der Waals surface area contributed by atoms with Gasteiger partial charge in [-0.05, 0) is 23.6 Å². The van der Waals surface area contributed by atoms with Crippen molar-refractivity contribution in [3.63, 3.8) is 0 Å². The molecular weight excluding hydrogens is 415 g/mol. The molecule has 1 unspecified atom stereocenters. The smallest absolute Gasteiger partial charge is 0.325 e. The molecule has 166 valence electrons. The van der Waals surface area contributed by atoms with Crippen LogP contribution in [0.25, 0.3) is 11.1 Å². The fourth-order valence-electron chi connectivity index (χ4n) is 3.96. The molecular formula is C23H23FN4O4. The monoisotopic (exact) mass is 438 g/mol. The van der Waals surface area contributed by atoms with E-state index in [1.807, 2.05) is 24.3 Å². The molecule has 2 aromatic rings. The molecule has 8 nitrogen and oxygen atoms in total. The van der Waals surface area contributed by atoms with Crippen LogP contribution >= 0.6 is 0 Å². The summed E-state index contributed by atoms with van der Waals surface area (Å²) in [5.41, 5.74) is 2.14. The van der Waals surface area contributed by atoms with Crippen LogP contribution in [-0.4, -0.2) is 66.3 Å². The third-order valence-electron chi connectivity index (χ3n) is 5.66. The number of nitrogens with one attached hydrogen (secondary N) is 2. The van der Waals surface area contributed by atoms with E-state index in [1.165, 1.54) is 6.07 Å². The number of carbonyl (C=O) groups is 4. The van der Waals surface area contributed by atoms with E-state index in [4.69, 9.17) is 0 Å². The quantitative estimate of drug-likeness (QED) is 0.685. The lowest BCUT2D eigenvalue weighted by molar-refractivity contribution is -0.132. The van der Waals surface area contributed by atoms with E-state index in [1.54, 1.807) is 23.1 Å². The Kier molecular flexibility index (Phi) is 6.16. The van der Waals surface area contributed by atoms with E-state index in [2.05, 4.69) is 10.6 Å². The lowest BCUT2D eigenvalue weighted by Crippen LogP contribution is -2.44. The molecule has 4 rings (SSSR count). The minimum atomic E-state index is -0.584. The van der Waals surface area contributed by atoms with Gasteiger partial charge < -0.3 is 15.1 Å². The highest BCUT2D eigenvalue weighted by Crippen LogP contribution is 2.24. The van der Waals surface area contributed by atoms with E-state index >= 15 is 0 Å². The molecule has 2 aromatic carbocycles. The van der Waals surface area contributed by atoms with E-state index in [-0.39, 0.29) is 37.3 Å². The minimum absolute atomic E-state index is 0.145. The minimum Gasteiger partial charge on any atom is -0.354 e. The summed E-state index contributed by atoms with van der Waals surface area (Å²) in [4.78, 5) is 51.0. The maximum atomic E-state index is 14.0. The van der Waals surface area contributed by atoms with E-state index in [9.17, 15) is 23.6 Å². The maximum Gasteiger partial charge on any atom is 0.325 e. The zero-order chi connectivity index (χ0) is 22.7. The van der Waals surface area contributed by atoms with Crippen LogP contribution in [0, 0.1) is 11.7 Å². The Morgan fingerprint density at radius 1 is 1.06 bits per heavy atom. The Bertz CT molecular complexity index is 1060. The Hall–Kier alpha value is -3.75. The first-order valence-corrected chi connectivity index (χ1v) is 10.4. The average Bonchev–Trinajstić information content (AvgIpc) is 2.97. The van der Waals surface area contributed by atoms with Gasteiger partial charge in [-0.2, -0.15) is 0 Å². The highest BCUT2D eigenvalue weighted by molar-refractivity contribution is 6.03. The Morgan fingerprint density at radius 2 is 1.81 bits per heavy atom. The van der Waals surface area contributed by atoms with Crippen LogP contribution in [0.2, 0.25) is 0 Å². The molecule has 2 aliphatic rings. The standard InChI is InChI=1S/C23H23FN4O4/c24-19-4-2-1-3-18(19)16-7-5-15(6-8-16)11-17-12-27(10-9-25-22(17)31)21(30)14-28-13-20(29)26-23(28)32/h1-8,17H,9-14H2,(H,25,31)(H,26,29,32). The van der Waals surface area contributed by atoms with Gasteiger partial charge in [0, 0.05) is 25.2 Å². The normalized spacial score (nSPS) is 18.9. The fourth-order valence-corrected chi connectivity index (χ4v) is 3.96. The van der Waals surface area contributed by atoms with Crippen LogP contribution in [0.1, 0.15) is 5.56 Å². The molecule has 9 heteroatoms. The van der Waals surface area contributed by atoms with Crippen LogP contribution < -0.4 is 10.6 Å². The van der Waals surface area contributed by atoms with E-state index in [0.29, 0.717) is 25.1 Å². The number of hydrogen-bond donors (Lipinski definition) is 2. The maximum absolute atomic E-state index is 14.0. The molecule has 2 saturated heterocycles. The molecule has 0 radical (unpaired) electrons. The highest BCUT2D eigenvalue weighted by Gasteiger charge is 2.32. The summed E-state index contributed by atoms with van der Waals surface area (Å²) in [6.07, 6.45) is 0.413. The molecule has 5 amide bonds. The summed E-state index contributed by atoms with van der Waals surface area (Å²) >= 11 is 0. The molecule has 0 aromatic heterocycles. The largest absolute Gasteiger partial charge is 0.354 e. The van der Waals surface area contributed by atoms with Gasteiger partial charge >= 0.3 is 6.03 Å². The lowest BCUT2D eigenvalue weighted by atomic mass is 9.96. The molecule has 0 aliphatic carbocycles. The number of nitrogens with zero attached hydrogens (tertiary/aromatic N) is 2. The molecule has 2 fully saturated rings. The second-order valence-electron chi connectivity index (χ2n) is 7.92. The van der Waals surface area contributed by atoms with E-state index < -0.39 is 17.9 Å². The molecule has 0 spiro atoms. The number of rotatable bonds is 5. The first kappa shape index (κ1) is 21.5. The van der Waals surface area contributed by atoms with Crippen molar-refractivity contribution in [1.29, 1.82) is 0 Å². The van der Waals surface area contributed by atoms with E-state index in [0.717, 1.165) is 16.0 Å². The number of benzene rings is 2. The van der Waals surface area contributed by atoms with Crippen molar-refractivity contribution in [2.75, 3.05) is 32.7 Å². The van der Waals surface area contributed by atoms with Gasteiger partial charge in [-0.25, -0.2) is 9.18 Å². The summed E-state index contributed by atoms with van der Waals surface area (Å²) in [5.74, 6) is -1.66. The van der Waals surface area contributed by atoms with Crippen LogP contribution in [0.3, 0.4) is 0 Å². The van der Waals surface area contributed by atoms with Crippen LogP contribution in [-0.2, 0) is 20.8 Å². The SMILES string of the molecule is O=C1CN(CC(=O)N2CCNC(=O)C(Cc3ccc(-c4ccccc4F)cc3)C2)C(=O)N1. The van der Waals surface area contributed by atoms with Crippen molar-refractivity contribution in [2.45, 2.75) is 6.42 Å². The highest BCUT2D eigenvalue weighted by atomic mass is 19.1. The molecule has 0 bridgehead atoms. The first-order chi connectivity index (χ1) is 15.4. The van der Waals surface area contributed by atoms with Crippen LogP contribution in [0.5, 0.6) is 0 Å². The van der Waals surface area contributed by atoms with Gasteiger partial charge in [-0.3, -0.25) is 19.7 Å². The second-order valence-corrected chi connectivity index (χ2v) is 7.92. The van der Waals surface area contributed by atoms with Crippen LogP contribution in [0.15, 0.2) is 48.5 Å². The summed E-state index contributed by atoms with van der Waals surface area (Å²) in [6, 6.07) is 13.3. The van der Waals surface area contributed by atoms with Crippen molar-refractivity contribution < 1.29 is 23.6 Å². The molecule has 2 heterocycles. The molecule has 32 heavy (non-hydrogen) atoms. The van der Waals surface area contributed by atoms with Gasteiger partial charge in [0.05, 0.1) is 5.92 Å². The molecule has 2 N–H and O–H groups in total. The second kappa shape index (κ2) is 9.17.